The zero-order chi connectivity index (χ0) is 17.6. The molecule has 0 aliphatic carbocycles. The molecule has 1 atom stereocenters. The summed E-state index contributed by atoms with van der Waals surface area (Å²) in [6, 6.07) is 14.3. The summed E-state index contributed by atoms with van der Waals surface area (Å²) in [7, 11) is 0. The van der Waals surface area contributed by atoms with E-state index in [-0.39, 0.29) is 5.91 Å². The van der Waals surface area contributed by atoms with Crippen molar-refractivity contribution in [3.05, 3.63) is 72.3 Å². The lowest BCUT2D eigenvalue weighted by Crippen LogP contribution is -2.28. The third-order valence-electron chi connectivity index (χ3n) is 4.29. The zero-order valence-electron chi connectivity index (χ0n) is 14.6. The molecule has 1 amide bonds. The van der Waals surface area contributed by atoms with Gasteiger partial charge in [-0.05, 0) is 35.3 Å². The number of amides is 1. The van der Waals surface area contributed by atoms with Crippen LogP contribution in [0.2, 0.25) is 0 Å². The van der Waals surface area contributed by atoms with Crippen LogP contribution in [0.5, 0.6) is 0 Å². The Morgan fingerprint density at radius 3 is 2.84 bits per heavy atom. The molecule has 0 aliphatic heterocycles. The van der Waals surface area contributed by atoms with E-state index < -0.39 is 0 Å². The fraction of sp³-hybridized carbons (Fsp3) is 0.238. The highest BCUT2D eigenvalue weighted by atomic mass is 16.1. The Morgan fingerprint density at radius 1 is 1.24 bits per heavy atom. The first-order valence-corrected chi connectivity index (χ1v) is 8.55. The van der Waals surface area contributed by atoms with Crippen molar-refractivity contribution in [2.75, 3.05) is 6.54 Å². The van der Waals surface area contributed by atoms with Gasteiger partial charge in [-0.25, -0.2) is 4.98 Å². The number of rotatable bonds is 6. The number of carbonyl (C=O) groups is 1. The fourth-order valence-electron chi connectivity index (χ4n) is 2.89. The molecule has 0 bridgehead atoms. The van der Waals surface area contributed by atoms with Crippen molar-refractivity contribution >= 4 is 22.8 Å². The average Bonchev–Trinajstić information content (AvgIpc) is 3.02. The highest BCUT2D eigenvalue weighted by Gasteiger charge is 2.06. The number of hydrogen-bond donors (Lipinski definition) is 1. The van der Waals surface area contributed by atoms with Crippen LogP contribution in [0.3, 0.4) is 0 Å². The lowest BCUT2D eigenvalue weighted by Gasteiger charge is -2.13. The van der Waals surface area contributed by atoms with Crippen molar-refractivity contribution in [2.24, 2.45) is 5.92 Å². The molecule has 25 heavy (non-hydrogen) atoms. The molecule has 1 heterocycles. The molecule has 3 aromatic rings. The smallest absolute Gasteiger partial charge is 0.244 e. The Balaban J connectivity index is 1.57. The molecule has 3 rings (SSSR count). The molecule has 128 valence electrons. The SMILES string of the molecule is Cc1nccn1CC(C)CNC(=O)C=Cc1cccc2ccccc12. The number of carbonyl (C=O) groups excluding carboxylic acids is 1. The fourth-order valence-corrected chi connectivity index (χ4v) is 2.89. The Kier molecular flexibility index (Phi) is 5.29. The lowest BCUT2D eigenvalue weighted by molar-refractivity contribution is -0.116. The van der Waals surface area contributed by atoms with Crippen molar-refractivity contribution in [1.29, 1.82) is 0 Å². The van der Waals surface area contributed by atoms with Gasteiger partial charge in [-0.1, -0.05) is 49.4 Å². The number of aromatic nitrogens is 2. The number of nitrogens with one attached hydrogen (secondary N) is 1. The lowest BCUT2D eigenvalue weighted by atomic mass is 10.0. The summed E-state index contributed by atoms with van der Waals surface area (Å²) in [6.45, 7) is 5.59. The minimum atomic E-state index is -0.0675. The van der Waals surface area contributed by atoms with Gasteiger partial charge in [0.1, 0.15) is 5.82 Å². The van der Waals surface area contributed by atoms with E-state index in [2.05, 4.69) is 40.0 Å². The molecule has 0 saturated heterocycles. The van der Waals surface area contributed by atoms with Crippen LogP contribution in [-0.2, 0) is 11.3 Å². The highest BCUT2D eigenvalue weighted by molar-refractivity contribution is 5.96. The van der Waals surface area contributed by atoms with Crippen molar-refractivity contribution in [2.45, 2.75) is 20.4 Å². The molecule has 1 N–H and O–H groups in total. The first kappa shape index (κ1) is 17.0. The quantitative estimate of drug-likeness (QED) is 0.697. The summed E-state index contributed by atoms with van der Waals surface area (Å²) < 4.78 is 2.10. The van der Waals surface area contributed by atoms with Gasteiger partial charge < -0.3 is 9.88 Å². The van der Waals surface area contributed by atoms with Crippen LogP contribution in [0.4, 0.5) is 0 Å². The highest BCUT2D eigenvalue weighted by Crippen LogP contribution is 2.19. The molecular weight excluding hydrogens is 310 g/mol. The van der Waals surface area contributed by atoms with E-state index in [1.54, 1.807) is 12.3 Å². The van der Waals surface area contributed by atoms with Crippen LogP contribution in [0.25, 0.3) is 16.8 Å². The molecule has 4 heteroatoms. The predicted molar refractivity (Wildman–Crippen MR) is 102 cm³/mol. The van der Waals surface area contributed by atoms with Crippen LogP contribution in [-0.4, -0.2) is 22.0 Å². The summed E-state index contributed by atoms with van der Waals surface area (Å²) in [5.41, 5.74) is 1.05. The number of imidazole rings is 1. The van der Waals surface area contributed by atoms with Gasteiger partial charge in [0.05, 0.1) is 0 Å². The molecule has 0 fully saturated rings. The normalized spacial score (nSPS) is 12.6. The predicted octanol–water partition coefficient (Wildman–Crippen LogP) is 3.81. The number of fused-ring (bicyclic) bond motifs is 1. The van der Waals surface area contributed by atoms with Crippen LogP contribution < -0.4 is 5.32 Å². The van der Waals surface area contributed by atoms with E-state index in [4.69, 9.17) is 0 Å². The Morgan fingerprint density at radius 2 is 2.04 bits per heavy atom. The molecule has 0 radical (unpaired) electrons. The van der Waals surface area contributed by atoms with E-state index >= 15 is 0 Å². The molecular formula is C21H23N3O. The summed E-state index contributed by atoms with van der Waals surface area (Å²) >= 11 is 0. The summed E-state index contributed by atoms with van der Waals surface area (Å²) in [4.78, 5) is 16.3. The molecule has 1 aromatic heterocycles. The van der Waals surface area contributed by atoms with Gasteiger partial charge in [-0.15, -0.1) is 0 Å². The zero-order valence-corrected chi connectivity index (χ0v) is 14.6. The van der Waals surface area contributed by atoms with Crippen molar-refractivity contribution < 1.29 is 4.79 Å². The molecule has 2 aromatic carbocycles. The maximum Gasteiger partial charge on any atom is 0.244 e. The second-order valence-corrected chi connectivity index (χ2v) is 6.38. The molecule has 0 spiro atoms. The largest absolute Gasteiger partial charge is 0.352 e. The monoisotopic (exact) mass is 333 g/mol. The van der Waals surface area contributed by atoms with Crippen LogP contribution >= 0.6 is 0 Å². The van der Waals surface area contributed by atoms with E-state index in [1.807, 2.05) is 43.5 Å². The second-order valence-electron chi connectivity index (χ2n) is 6.38. The number of aryl methyl sites for hydroxylation is 1. The van der Waals surface area contributed by atoms with Crippen molar-refractivity contribution in [1.82, 2.24) is 14.9 Å². The summed E-state index contributed by atoms with van der Waals surface area (Å²) in [6.07, 6.45) is 7.25. The third kappa shape index (κ3) is 4.35. The van der Waals surface area contributed by atoms with Gasteiger partial charge in [-0.3, -0.25) is 4.79 Å². The Hall–Kier alpha value is -2.88. The van der Waals surface area contributed by atoms with Gasteiger partial charge in [-0.2, -0.15) is 0 Å². The van der Waals surface area contributed by atoms with E-state index in [1.165, 1.54) is 5.39 Å². The standard InChI is InChI=1S/C21H23N3O/c1-16(15-24-13-12-22-17(24)2)14-23-21(25)11-10-19-8-5-7-18-6-3-4-9-20(18)19/h3-13,16H,14-15H2,1-2H3,(H,23,25). The Labute approximate surface area is 148 Å². The first-order chi connectivity index (χ1) is 12.1. The van der Waals surface area contributed by atoms with Gasteiger partial charge >= 0.3 is 0 Å². The number of benzene rings is 2. The minimum absolute atomic E-state index is 0.0675. The van der Waals surface area contributed by atoms with E-state index in [0.29, 0.717) is 12.5 Å². The third-order valence-corrected chi connectivity index (χ3v) is 4.29. The Bertz CT molecular complexity index is 890. The second kappa shape index (κ2) is 7.79. The maximum absolute atomic E-state index is 12.1. The number of hydrogen-bond acceptors (Lipinski definition) is 2. The summed E-state index contributed by atoms with van der Waals surface area (Å²) in [5.74, 6) is 1.26. The molecule has 0 saturated carbocycles. The number of nitrogens with zero attached hydrogens (tertiary/aromatic N) is 2. The first-order valence-electron chi connectivity index (χ1n) is 8.55. The minimum Gasteiger partial charge on any atom is -0.352 e. The van der Waals surface area contributed by atoms with Crippen molar-refractivity contribution in [3.8, 4) is 0 Å². The van der Waals surface area contributed by atoms with Gasteiger partial charge in [0.25, 0.3) is 0 Å². The average molecular weight is 333 g/mol. The topological polar surface area (TPSA) is 46.9 Å². The van der Waals surface area contributed by atoms with Crippen LogP contribution in [0.1, 0.15) is 18.3 Å². The maximum atomic E-state index is 12.1. The molecule has 4 nitrogen and oxygen atoms in total. The molecule has 0 aliphatic rings. The van der Waals surface area contributed by atoms with Gasteiger partial charge in [0.15, 0.2) is 0 Å². The van der Waals surface area contributed by atoms with Crippen molar-refractivity contribution in [3.63, 3.8) is 0 Å². The van der Waals surface area contributed by atoms with Crippen LogP contribution in [0, 0.1) is 12.8 Å². The van der Waals surface area contributed by atoms with Crippen LogP contribution in [0.15, 0.2) is 60.9 Å². The van der Waals surface area contributed by atoms with Gasteiger partial charge in [0.2, 0.25) is 5.91 Å². The van der Waals surface area contributed by atoms with E-state index in [9.17, 15) is 4.79 Å². The molecule has 1 unspecified atom stereocenters. The summed E-state index contributed by atoms with van der Waals surface area (Å²) in [5, 5.41) is 5.30. The van der Waals surface area contributed by atoms with E-state index in [0.717, 1.165) is 23.3 Å². The van der Waals surface area contributed by atoms with Gasteiger partial charge in [0, 0.05) is 31.6 Å².